The number of para-hydroxylation sites is 1. The number of rotatable bonds is 1. The molecule has 0 aliphatic carbocycles. The Morgan fingerprint density at radius 1 is 0.900 bits per heavy atom. The lowest BCUT2D eigenvalue weighted by Gasteiger charge is -2.07. The molecule has 0 radical (unpaired) electrons. The predicted molar refractivity (Wildman–Crippen MR) is 78.5 cm³/mol. The lowest BCUT2D eigenvalue weighted by Crippen LogP contribution is -1.97. The molecule has 0 spiro atoms. The van der Waals surface area contributed by atoms with Crippen molar-refractivity contribution in [3.63, 3.8) is 0 Å². The smallest absolute Gasteiger partial charge is 0.179 e. The summed E-state index contributed by atoms with van der Waals surface area (Å²) >= 11 is 0. The largest absolute Gasteiger partial charge is 0.226 e. The molecule has 96 valence electrons. The Bertz CT molecular complexity index is 910. The molecule has 0 atom stereocenters. The van der Waals surface area contributed by atoms with Gasteiger partial charge in [-0.2, -0.15) is 4.52 Å². The summed E-state index contributed by atoms with van der Waals surface area (Å²) in [4.78, 5) is 4.77. The SMILES string of the molecule is Cc1nnn2c1nc(-c1ccccc1)c1ccccc12. The monoisotopic (exact) mass is 260 g/mol. The highest BCUT2D eigenvalue weighted by atomic mass is 15.4. The fourth-order valence-corrected chi connectivity index (χ4v) is 2.48. The fourth-order valence-electron chi connectivity index (χ4n) is 2.48. The molecule has 0 saturated carbocycles. The zero-order valence-corrected chi connectivity index (χ0v) is 11.0. The molecule has 0 fully saturated rings. The second-order valence-electron chi connectivity index (χ2n) is 4.75. The average Bonchev–Trinajstić information content (AvgIpc) is 2.89. The molecule has 20 heavy (non-hydrogen) atoms. The molecule has 0 saturated heterocycles. The van der Waals surface area contributed by atoms with Crippen molar-refractivity contribution < 1.29 is 0 Å². The third-order valence-corrected chi connectivity index (χ3v) is 3.46. The Hall–Kier alpha value is -2.75. The summed E-state index contributed by atoms with van der Waals surface area (Å²) in [6.45, 7) is 1.93. The highest BCUT2D eigenvalue weighted by molar-refractivity contribution is 5.94. The molecule has 2 heterocycles. The van der Waals surface area contributed by atoms with Crippen LogP contribution in [-0.2, 0) is 0 Å². The number of hydrogen-bond acceptors (Lipinski definition) is 3. The molecule has 0 N–H and O–H groups in total. The van der Waals surface area contributed by atoms with E-state index in [1.165, 1.54) is 0 Å². The van der Waals surface area contributed by atoms with Gasteiger partial charge in [-0.25, -0.2) is 4.98 Å². The summed E-state index contributed by atoms with van der Waals surface area (Å²) < 4.78 is 1.80. The molecule has 4 nitrogen and oxygen atoms in total. The van der Waals surface area contributed by atoms with Crippen LogP contribution in [0, 0.1) is 6.92 Å². The van der Waals surface area contributed by atoms with Crippen LogP contribution in [0.2, 0.25) is 0 Å². The van der Waals surface area contributed by atoms with Crippen LogP contribution in [0.25, 0.3) is 27.8 Å². The maximum absolute atomic E-state index is 4.77. The summed E-state index contributed by atoms with van der Waals surface area (Å²) in [5.41, 5.74) is 4.75. The first-order valence-electron chi connectivity index (χ1n) is 6.51. The molecule has 0 amide bonds. The summed E-state index contributed by atoms with van der Waals surface area (Å²) in [6, 6.07) is 18.4. The Morgan fingerprint density at radius 3 is 2.50 bits per heavy atom. The Balaban J connectivity index is 2.20. The van der Waals surface area contributed by atoms with E-state index < -0.39 is 0 Å². The van der Waals surface area contributed by atoms with Crippen LogP contribution in [0.15, 0.2) is 54.6 Å². The quantitative estimate of drug-likeness (QED) is 0.527. The lowest BCUT2D eigenvalue weighted by molar-refractivity contribution is 0.869. The number of nitrogens with zero attached hydrogens (tertiary/aromatic N) is 4. The molecule has 0 unspecified atom stereocenters. The van der Waals surface area contributed by atoms with Gasteiger partial charge < -0.3 is 0 Å². The van der Waals surface area contributed by atoms with Crippen LogP contribution in [0.3, 0.4) is 0 Å². The van der Waals surface area contributed by atoms with Gasteiger partial charge in [0.2, 0.25) is 0 Å². The standard InChI is InChI=1S/C16H12N4/c1-11-16-17-15(12-7-3-2-4-8-12)13-9-5-6-10-14(13)20(16)19-18-11/h2-10H,1H3. The van der Waals surface area contributed by atoms with Gasteiger partial charge in [0, 0.05) is 10.9 Å². The Labute approximate surface area is 115 Å². The average molecular weight is 260 g/mol. The van der Waals surface area contributed by atoms with E-state index in [0.717, 1.165) is 33.5 Å². The molecule has 0 aliphatic rings. The minimum atomic E-state index is 0.808. The predicted octanol–water partition coefficient (Wildman–Crippen LogP) is 3.25. The first-order chi connectivity index (χ1) is 9.84. The van der Waals surface area contributed by atoms with E-state index in [9.17, 15) is 0 Å². The first-order valence-corrected chi connectivity index (χ1v) is 6.51. The van der Waals surface area contributed by atoms with Gasteiger partial charge in [0.05, 0.1) is 11.2 Å². The molecule has 4 aromatic rings. The van der Waals surface area contributed by atoms with Gasteiger partial charge in [0.25, 0.3) is 0 Å². The van der Waals surface area contributed by atoms with E-state index in [-0.39, 0.29) is 0 Å². The van der Waals surface area contributed by atoms with Crippen molar-refractivity contribution in [3.05, 3.63) is 60.3 Å². The number of aryl methyl sites for hydroxylation is 1. The van der Waals surface area contributed by atoms with Crippen molar-refractivity contribution in [3.8, 4) is 11.3 Å². The van der Waals surface area contributed by atoms with Gasteiger partial charge >= 0.3 is 0 Å². The zero-order chi connectivity index (χ0) is 13.5. The minimum absolute atomic E-state index is 0.808. The molecule has 4 heteroatoms. The summed E-state index contributed by atoms with van der Waals surface area (Å²) in [5.74, 6) is 0. The van der Waals surface area contributed by atoms with E-state index in [1.54, 1.807) is 4.52 Å². The van der Waals surface area contributed by atoms with Crippen LogP contribution >= 0.6 is 0 Å². The molecule has 0 aliphatic heterocycles. The highest BCUT2D eigenvalue weighted by Gasteiger charge is 2.12. The molecule has 2 aromatic carbocycles. The fraction of sp³-hybridized carbons (Fsp3) is 0.0625. The van der Waals surface area contributed by atoms with Gasteiger partial charge in [0.15, 0.2) is 5.65 Å². The topological polar surface area (TPSA) is 43.1 Å². The second-order valence-corrected chi connectivity index (χ2v) is 4.75. The number of aromatic nitrogens is 4. The molecule has 0 bridgehead atoms. The highest BCUT2D eigenvalue weighted by Crippen LogP contribution is 2.27. The number of benzene rings is 2. The Morgan fingerprint density at radius 2 is 1.65 bits per heavy atom. The van der Waals surface area contributed by atoms with Crippen LogP contribution in [-0.4, -0.2) is 19.8 Å². The van der Waals surface area contributed by atoms with Crippen LogP contribution in [0.1, 0.15) is 5.69 Å². The minimum Gasteiger partial charge on any atom is -0.226 e. The number of fused-ring (bicyclic) bond motifs is 3. The Kier molecular flexibility index (Phi) is 2.29. The summed E-state index contributed by atoms with van der Waals surface area (Å²) in [7, 11) is 0. The third-order valence-electron chi connectivity index (χ3n) is 3.46. The third kappa shape index (κ3) is 1.51. The molecule has 4 rings (SSSR count). The van der Waals surface area contributed by atoms with Crippen molar-refractivity contribution >= 4 is 16.6 Å². The van der Waals surface area contributed by atoms with Crippen molar-refractivity contribution in [2.75, 3.05) is 0 Å². The summed E-state index contributed by atoms with van der Waals surface area (Å²) in [5, 5.41) is 9.40. The van der Waals surface area contributed by atoms with Gasteiger partial charge in [-0.3, -0.25) is 0 Å². The van der Waals surface area contributed by atoms with Gasteiger partial charge in [-0.1, -0.05) is 53.7 Å². The normalized spacial score (nSPS) is 11.2. The van der Waals surface area contributed by atoms with E-state index in [2.05, 4.69) is 28.5 Å². The summed E-state index contributed by atoms with van der Waals surface area (Å²) in [6.07, 6.45) is 0. The van der Waals surface area contributed by atoms with Gasteiger partial charge in [-0.05, 0) is 13.0 Å². The van der Waals surface area contributed by atoms with Crippen LogP contribution in [0.4, 0.5) is 0 Å². The van der Waals surface area contributed by atoms with E-state index in [0.29, 0.717) is 0 Å². The van der Waals surface area contributed by atoms with Gasteiger partial charge in [-0.15, -0.1) is 5.10 Å². The van der Waals surface area contributed by atoms with Crippen LogP contribution in [0.5, 0.6) is 0 Å². The van der Waals surface area contributed by atoms with Crippen molar-refractivity contribution in [1.82, 2.24) is 19.8 Å². The number of hydrogen-bond donors (Lipinski definition) is 0. The van der Waals surface area contributed by atoms with Crippen LogP contribution < -0.4 is 0 Å². The molecule has 2 aromatic heterocycles. The molecular formula is C16H12N4. The first kappa shape index (κ1) is 11.1. The van der Waals surface area contributed by atoms with E-state index in [4.69, 9.17) is 4.98 Å². The van der Waals surface area contributed by atoms with E-state index in [1.807, 2.05) is 43.3 Å². The maximum atomic E-state index is 4.77. The van der Waals surface area contributed by atoms with Crippen molar-refractivity contribution in [2.24, 2.45) is 0 Å². The van der Waals surface area contributed by atoms with Crippen molar-refractivity contribution in [1.29, 1.82) is 0 Å². The van der Waals surface area contributed by atoms with Crippen molar-refractivity contribution in [2.45, 2.75) is 6.92 Å². The van der Waals surface area contributed by atoms with Gasteiger partial charge in [0.1, 0.15) is 5.69 Å². The second kappa shape index (κ2) is 4.13. The molecular weight excluding hydrogens is 248 g/mol. The zero-order valence-electron chi connectivity index (χ0n) is 11.0. The van der Waals surface area contributed by atoms with E-state index >= 15 is 0 Å². The maximum Gasteiger partial charge on any atom is 0.179 e. The lowest BCUT2D eigenvalue weighted by atomic mass is 10.1.